The molecule has 1 aromatic heterocycles. The standard InChI is InChI=1S/C12H14N4O3/c1-2-7(13)11(18)14-8-5-3-4-6-9(8)12(19)16-15-10(6)17/h3-5,7H,2,13H2,1H3,(H,14,18)(H,15,17)(H,16,19)/t7-/m0/s1. The molecular formula is C12H14N4O3. The van der Waals surface area contributed by atoms with E-state index in [0.717, 1.165) is 0 Å². The Labute approximate surface area is 107 Å². The summed E-state index contributed by atoms with van der Waals surface area (Å²) in [6.07, 6.45) is 0.480. The van der Waals surface area contributed by atoms with Crippen LogP contribution in [0.2, 0.25) is 0 Å². The van der Waals surface area contributed by atoms with Gasteiger partial charge in [-0.05, 0) is 18.6 Å². The second kappa shape index (κ2) is 5.07. The number of nitrogens with one attached hydrogen (secondary N) is 3. The molecular weight excluding hydrogens is 248 g/mol. The Hall–Kier alpha value is -2.41. The predicted octanol–water partition coefficient (Wildman–Crippen LogP) is -0.108. The molecule has 1 heterocycles. The molecule has 0 saturated heterocycles. The number of H-pyrrole nitrogens is 2. The van der Waals surface area contributed by atoms with Gasteiger partial charge in [-0.3, -0.25) is 24.6 Å². The molecule has 2 rings (SSSR count). The highest BCUT2D eigenvalue weighted by atomic mass is 16.2. The van der Waals surface area contributed by atoms with E-state index in [9.17, 15) is 14.4 Å². The minimum Gasteiger partial charge on any atom is -0.324 e. The summed E-state index contributed by atoms with van der Waals surface area (Å²) < 4.78 is 0. The molecule has 0 radical (unpaired) electrons. The summed E-state index contributed by atoms with van der Waals surface area (Å²) in [7, 11) is 0. The van der Waals surface area contributed by atoms with Crippen LogP contribution in [-0.2, 0) is 4.79 Å². The molecule has 100 valence electrons. The number of carbonyl (C=O) groups is 1. The van der Waals surface area contributed by atoms with Crippen molar-refractivity contribution in [3.8, 4) is 0 Å². The summed E-state index contributed by atoms with van der Waals surface area (Å²) in [5, 5.41) is 7.37. The van der Waals surface area contributed by atoms with E-state index < -0.39 is 23.1 Å². The van der Waals surface area contributed by atoms with E-state index in [1.165, 1.54) is 6.07 Å². The number of rotatable bonds is 3. The molecule has 7 nitrogen and oxygen atoms in total. The molecule has 0 unspecified atom stereocenters. The molecule has 19 heavy (non-hydrogen) atoms. The average molecular weight is 262 g/mol. The summed E-state index contributed by atoms with van der Waals surface area (Å²) in [4.78, 5) is 35.1. The zero-order valence-corrected chi connectivity index (χ0v) is 10.3. The maximum Gasteiger partial charge on any atom is 0.272 e. The monoisotopic (exact) mass is 262 g/mol. The van der Waals surface area contributed by atoms with Gasteiger partial charge in [0.2, 0.25) is 5.91 Å². The molecule has 2 aromatic rings. The van der Waals surface area contributed by atoms with Crippen LogP contribution in [0.5, 0.6) is 0 Å². The number of aromatic amines is 2. The van der Waals surface area contributed by atoms with Gasteiger partial charge in [-0.15, -0.1) is 0 Å². The second-order valence-corrected chi connectivity index (χ2v) is 4.14. The lowest BCUT2D eigenvalue weighted by atomic mass is 10.1. The third-order valence-corrected chi connectivity index (χ3v) is 2.86. The van der Waals surface area contributed by atoms with E-state index in [2.05, 4.69) is 15.5 Å². The highest BCUT2D eigenvalue weighted by molar-refractivity contribution is 6.03. The van der Waals surface area contributed by atoms with Crippen molar-refractivity contribution in [1.82, 2.24) is 10.2 Å². The van der Waals surface area contributed by atoms with Gasteiger partial charge < -0.3 is 11.1 Å². The highest BCUT2D eigenvalue weighted by Crippen LogP contribution is 2.16. The number of hydrogen-bond donors (Lipinski definition) is 4. The lowest BCUT2D eigenvalue weighted by Gasteiger charge is -2.11. The van der Waals surface area contributed by atoms with Crippen molar-refractivity contribution in [2.75, 3.05) is 5.32 Å². The summed E-state index contributed by atoms with van der Waals surface area (Å²) in [5.41, 5.74) is 4.99. The molecule has 1 aromatic carbocycles. The maximum absolute atomic E-state index is 11.8. The molecule has 7 heteroatoms. The van der Waals surface area contributed by atoms with Crippen LogP contribution in [0, 0.1) is 0 Å². The largest absolute Gasteiger partial charge is 0.324 e. The van der Waals surface area contributed by atoms with Crippen molar-refractivity contribution >= 4 is 22.4 Å². The Balaban J connectivity index is 2.56. The molecule has 1 atom stereocenters. The molecule has 0 fully saturated rings. The SMILES string of the molecule is CC[C@H](N)C(=O)Nc1cccc2c(=O)[nH][nH]c(=O)c12. The van der Waals surface area contributed by atoms with Gasteiger partial charge in [0.05, 0.1) is 22.5 Å². The molecule has 0 aliphatic heterocycles. The Bertz CT molecular complexity index is 732. The third kappa shape index (κ3) is 2.41. The summed E-state index contributed by atoms with van der Waals surface area (Å²) in [6, 6.07) is 4.00. The zero-order valence-electron chi connectivity index (χ0n) is 10.3. The van der Waals surface area contributed by atoms with Gasteiger partial charge in [-0.1, -0.05) is 13.0 Å². The number of fused-ring (bicyclic) bond motifs is 1. The molecule has 0 aliphatic carbocycles. The Morgan fingerprint density at radius 2 is 2.00 bits per heavy atom. The smallest absolute Gasteiger partial charge is 0.272 e. The first-order valence-corrected chi connectivity index (χ1v) is 5.84. The lowest BCUT2D eigenvalue weighted by Crippen LogP contribution is -2.35. The van der Waals surface area contributed by atoms with E-state index in [1.54, 1.807) is 19.1 Å². The first-order chi connectivity index (χ1) is 9.04. The van der Waals surface area contributed by atoms with Crippen molar-refractivity contribution in [1.29, 1.82) is 0 Å². The lowest BCUT2D eigenvalue weighted by molar-refractivity contribution is -0.117. The van der Waals surface area contributed by atoms with Crippen LogP contribution in [0.3, 0.4) is 0 Å². The van der Waals surface area contributed by atoms with E-state index in [4.69, 9.17) is 5.73 Å². The molecule has 0 aliphatic rings. The fourth-order valence-corrected chi connectivity index (χ4v) is 1.74. The summed E-state index contributed by atoms with van der Waals surface area (Å²) in [6.45, 7) is 1.78. The van der Waals surface area contributed by atoms with Crippen LogP contribution in [0.25, 0.3) is 10.8 Å². The number of amides is 1. The number of hydrogen-bond acceptors (Lipinski definition) is 4. The minimum atomic E-state index is -0.656. The van der Waals surface area contributed by atoms with E-state index >= 15 is 0 Å². The fourth-order valence-electron chi connectivity index (χ4n) is 1.74. The number of anilines is 1. The number of nitrogens with two attached hydrogens (primary N) is 1. The Morgan fingerprint density at radius 3 is 2.68 bits per heavy atom. The van der Waals surface area contributed by atoms with Crippen molar-refractivity contribution in [3.63, 3.8) is 0 Å². The van der Waals surface area contributed by atoms with Gasteiger partial charge in [0.1, 0.15) is 0 Å². The molecule has 5 N–H and O–H groups in total. The van der Waals surface area contributed by atoms with Crippen LogP contribution in [0.1, 0.15) is 13.3 Å². The number of aromatic nitrogens is 2. The van der Waals surface area contributed by atoms with Crippen molar-refractivity contribution in [2.24, 2.45) is 5.73 Å². The Kier molecular flexibility index (Phi) is 3.48. The van der Waals surface area contributed by atoms with Gasteiger partial charge in [-0.2, -0.15) is 0 Å². The quantitative estimate of drug-likeness (QED) is 0.616. The molecule has 0 saturated carbocycles. The third-order valence-electron chi connectivity index (χ3n) is 2.86. The second-order valence-electron chi connectivity index (χ2n) is 4.14. The van der Waals surface area contributed by atoms with Crippen LogP contribution in [0.15, 0.2) is 27.8 Å². The van der Waals surface area contributed by atoms with Crippen molar-refractivity contribution in [2.45, 2.75) is 19.4 Å². The first kappa shape index (κ1) is 13.0. The topological polar surface area (TPSA) is 121 Å². The fraction of sp³-hybridized carbons (Fsp3) is 0.250. The molecule has 0 spiro atoms. The summed E-state index contributed by atoms with van der Waals surface area (Å²) in [5.74, 6) is -0.394. The van der Waals surface area contributed by atoms with Crippen molar-refractivity contribution in [3.05, 3.63) is 38.9 Å². The van der Waals surface area contributed by atoms with Crippen LogP contribution in [0.4, 0.5) is 5.69 Å². The van der Waals surface area contributed by atoms with E-state index in [-0.39, 0.29) is 16.5 Å². The molecule has 1 amide bonds. The summed E-state index contributed by atoms with van der Waals surface area (Å²) >= 11 is 0. The van der Waals surface area contributed by atoms with Gasteiger partial charge in [0, 0.05) is 0 Å². The maximum atomic E-state index is 11.8. The number of benzene rings is 1. The van der Waals surface area contributed by atoms with Crippen molar-refractivity contribution < 1.29 is 4.79 Å². The van der Waals surface area contributed by atoms with Gasteiger partial charge in [0.25, 0.3) is 11.1 Å². The van der Waals surface area contributed by atoms with Gasteiger partial charge in [-0.25, -0.2) is 0 Å². The zero-order chi connectivity index (χ0) is 14.0. The van der Waals surface area contributed by atoms with Gasteiger partial charge in [0.15, 0.2) is 0 Å². The number of carbonyl (C=O) groups excluding carboxylic acids is 1. The Morgan fingerprint density at radius 1 is 1.32 bits per heavy atom. The van der Waals surface area contributed by atoms with Crippen LogP contribution < -0.4 is 22.2 Å². The normalized spacial score (nSPS) is 12.3. The van der Waals surface area contributed by atoms with Crippen LogP contribution >= 0.6 is 0 Å². The van der Waals surface area contributed by atoms with Gasteiger partial charge >= 0.3 is 0 Å². The average Bonchev–Trinajstić information content (AvgIpc) is 2.42. The predicted molar refractivity (Wildman–Crippen MR) is 72.1 cm³/mol. The van der Waals surface area contributed by atoms with E-state index in [1.807, 2.05) is 0 Å². The van der Waals surface area contributed by atoms with E-state index in [0.29, 0.717) is 6.42 Å². The minimum absolute atomic E-state index is 0.142. The van der Waals surface area contributed by atoms with Crippen LogP contribution in [-0.4, -0.2) is 22.1 Å². The molecule has 0 bridgehead atoms. The first-order valence-electron chi connectivity index (χ1n) is 5.84. The highest BCUT2D eigenvalue weighted by Gasteiger charge is 2.14.